The van der Waals surface area contributed by atoms with E-state index in [-0.39, 0.29) is 0 Å². The van der Waals surface area contributed by atoms with Gasteiger partial charge in [-0.15, -0.1) is 0 Å². The highest BCUT2D eigenvalue weighted by Gasteiger charge is 2.10. The smallest absolute Gasteiger partial charge is 0.226 e. The van der Waals surface area contributed by atoms with Crippen LogP contribution in [0, 0.1) is 0 Å². The van der Waals surface area contributed by atoms with Crippen molar-refractivity contribution in [3.8, 4) is 0 Å². The van der Waals surface area contributed by atoms with Crippen LogP contribution in [0.4, 0.5) is 17.5 Å². The second kappa shape index (κ2) is 5.67. The highest BCUT2D eigenvalue weighted by atomic mass is 15.3. The Morgan fingerprint density at radius 1 is 1.11 bits per heavy atom. The quantitative estimate of drug-likeness (QED) is 0.904. The molecule has 0 atom stereocenters. The van der Waals surface area contributed by atoms with Gasteiger partial charge in [0.05, 0.1) is 0 Å². The minimum atomic E-state index is 0.506. The first kappa shape index (κ1) is 13.3. The van der Waals surface area contributed by atoms with E-state index in [1.165, 1.54) is 0 Å². The van der Waals surface area contributed by atoms with Crippen LogP contribution in [0.3, 0.4) is 0 Å². The minimum absolute atomic E-state index is 0.506. The van der Waals surface area contributed by atoms with E-state index in [0.717, 1.165) is 17.1 Å². The van der Waals surface area contributed by atoms with Crippen LogP contribution in [0.1, 0.15) is 5.56 Å². The molecule has 0 fully saturated rings. The normalized spacial score (nSPS) is 10.3. The second-order valence-corrected chi connectivity index (χ2v) is 4.50. The Morgan fingerprint density at radius 2 is 1.84 bits per heavy atom. The molecule has 2 N–H and O–H groups in total. The van der Waals surface area contributed by atoms with Crippen LogP contribution in [0.2, 0.25) is 0 Å². The Bertz CT molecular complexity index is 553. The van der Waals surface area contributed by atoms with Crippen LogP contribution in [0.5, 0.6) is 0 Å². The summed E-state index contributed by atoms with van der Waals surface area (Å²) in [5.41, 5.74) is 7.93. The van der Waals surface area contributed by atoms with E-state index >= 15 is 0 Å². The summed E-state index contributed by atoms with van der Waals surface area (Å²) in [7, 11) is 5.83. The van der Waals surface area contributed by atoms with Crippen molar-refractivity contribution in [3.63, 3.8) is 0 Å². The Balaban J connectivity index is 2.38. The van der Waals surface area contributed by atoms with Crippen LogP contribution in [0.25, 0.3) is 0 Å². The largest absolute Gasteiger partial charge is 0.347 e. The summed E-state index contributed by atoms with van der Waals surface area (Å²) in [6, 6.07) is 9.95. The minimum Gasteiger partial charge on any atom is -0.347 e. The number of para-hydroxylation sites is 1. The Labute approximate surface area is 113 Å². The average molecular weight is 257 g/mol. The van der Waals surface area contributed by atoms with Crippen molar-refractivity contribution in [3.05, 3.63) is 42.1 Å². The van der Waals surface area contributed by atoms with Gasteiger partial charge in [0.2, 0.25) is 5.95 Å². The van der Waals surface area contributed by atoms with E-state index in [2.05, 4.69) is 9.97 Å². The van der Waals surface area contributed by atoms with Gasteiger partial charge in [-0.1, -0.05) is 18.2 Å². The van der Waals surface area contributed by atoms with Crippen LogP contribution >= 0.6 is 0 Å². The van der Waals surface area contributed by atoms with Crippen molar-refractivity contribution in [2.75, 3.05) is 30.9 Å². The molecule has 0 amide bonds. The molecule has 1 aromatic carbocycles. The van der Waals surface area contributed by atoms with E-state index < -0.39 is 0 Å². The summed E-state index contributed by atoms with van der Waals surface area (Å²) >= 11 is 0. The Morgan fingerprint density at radius 3 is 2.53 bits per heavy atom. The number of anilines is 3. The molecule has 0 bridgehead atoms. The summed E-state index contributed by atoms with van der Waals surface area (Å²) in [5, 5.41) is 0. The van der Waals surface area contributed by atoms with Crippen molar-refractivity contribution >= 4 is 17.5 Å². The summed E-state index contributed by atoms with van der Waals surface area (Å²) in [5.74, 6) is 1.54. The predicted octanol–water partition coefficient (Wildman–Crippen LogP) is 1.77. The Kier molecular flexibility index (Phi) is 3.97. The first-order valence-electron chi connectivity index (χ1n) is 6.15. The highest BCUT2D eigenvalue weighted by molar-refractivity contribution is 5.63. The molecule has 1 aromatic heterocycles. The Hall–Kier alpha value is -2.14. The van der Waals surface area contributed by atoms with E-state index in [0.29, 0.717) is 12.5 Å². The third-order valence-corrected chi connectivity index (χ3v) is 2.94. The first-order chi connectivity index (χ1) is 9.13. The van der Waals surface area contributed by atoms with Crippen molar-refractivity contribution < 1.29 is 0 Å². The zero-order valence-electron chi connectivity index (χ0n) is 11.5. The van der Waals surface area contributed by atoms with Gasteiger partial charge in [0.1, 0.15) is 5.82 Å². The lowest BCUT2D eigenvalue weighted by Crippen LogP contribution is -2.18. The zero-order valence-corrected chi connectivity index (χ0v) is 11.5. The lowest BCUT2D eigenvalue weighted by Gasteiger charge is -2.22. The lowest BCUT2D eigenvalue weighted by molar-refractivity contribution is 0.973. The van der Waals surface area contributed by atoms with Gasteiger partial charge < -0.3 is 15.5 Å². The molecule has 19 heavy (non-hydrogen) atoms. The molecule has 0 aliphatic carbocycles. The van der Waals surface area contributed by atoms with Crippen LogP contribution in [-0.4, -0.2) is 31.1 Å². The van der Waals surface area contributed by atoms with Crippen molar-refractivity contribution in [2.24, 2.45) is 5.73 Å². The van der Waals surface area contributed by atoms with E-state index in [4.69, 9.17) is 5.73 Å². The average Bonchev–Trinajstić information content (AvgIpc) is 2.46. The van der Waals surface area contributed by atoms with Crippen LogP contribution < -0.4 is 15.5 Å². The molecule has 0 spiro atoms. The third-order valence-electron chi connectivity index (χ3n) is 2.94. The van der Waals surface area contributed by atoms with E-state index in [1.807, 2.05) is 61.3 Å². The summed E-state index contributed by atoms with van der Waals surface area (Å²) < 4.78 is 0. The van der Waals surface area contributed by atoms with Gasteiger partial charge in [0.25, 0.3) is 0 Å². The molecular weight excluding hydrogens is 238 g/mol. The number of benzene rings is 1. The maximum absolute atomic E-state index is 5.78. The van der Waals surface area contributed by atoms with Crippen LogP contribution in [0.15, 0.2) is 36.5 Å². The fourth-order valence-corrected chi connectivity index (χ4v) is 1.88. The molecule has 0 saturated carbocycles. The maximum Gasteiger partial charge on any atom is 0.226 e. The van der Waals surface area contributed by atoms with Gasteiger partial charge in [-0.3, -0.25) is 0 Å². The molecule has 1 heterocycles. The zero-order chi connectivity index (χ0) is 13.8. The molecule has 5 nitrogen and oxygen atoms in total. The van der Waals surface area contributed by atoms with Gasteiger partial charge in [-0.25, -0.2) is 4.98 Å². The molecular formula is C14H19N5. The van der Waals surface area contributed by atoms with Gasteiger partial charge in [-0.2, -0.15) is 4.98 Å². The van der Waals surface area contributed by atoms with Gasteiger partial charge >= 0.3 is 0 Å². The lowest BCUT2D eigenvalue weighted by atomic mass is 10.1. The topological polar surface area (TPSA) is 58.3 Å². The van der Waals surface area contributed by atoms with E-state index in [9.17, 15) is 0 Å². The number of nitrogens with zero attached hydrogens (tertiary/aromatic N) is 4. The molecule has 5 heteroatoms. The molecule has 100 valence electrons. The number of hydrogen-bond donors (Lipinski definition) is 1. The number of aromatic nitrogens is 2. The predicted molar refractivity (Wildman–Crippen MR) is 78.8 cm³/mol. The molecule has 0 saturated heterocycles. The molecule has 0 aliphatic rings. The molecule has 0 unspecified atom stereocenters. The molecule has 2 rings (SSSR count). The van der Waals surface area contributed by atoms with Crippen molar-refractivity contribution in [1.82, 2.24) is 9.97 Å². The van der Waals surface area contributed by atoms with Gasteiger partial charge in [0.15, 0.2) is 0 Å². The summed E-state index contributed by atoms with van der Waals surface area (Å²) in [6.45, 7) is 0.506. The van der Waals surface area contributed by atoms with E-state index in [1.54, 1.807) is 6.20 Å². The van der Waals surface area contributed by atoms with Crippen molar-refractivity contribution in [2.45, 2.75) is 6.54 Å². The fraction of sp³-hybridized carbons (Fsp3) is 0.286. The third kappa shape index (κ3) is 2.82. The number of rotatable bonds is 4. The SMILES string of the molecule is CN(C)c1nccc(N(C)c2ccccc2CN)n1. The first-order valence-corrected chi connectivity index (χ1v) is 6.15. The monoisotopic (exact) mass is 257 g/mol. The number of nitrogens with two attached hydrogens (primary N) is 1. The van der Waals surface area contributed by atoms with Gasteiger partial charge in [0, 0.05) is 39.6 Å². The van der Waals surface area contributed by atoms with Gasteiger partial charge in [-0.05, 0) is 17.7 Å². The highest BCUT2D eigenvalue weighted by Crippen LogP contribution is 2.25. The summed E-state index contributed by atoms with van der Waals surface area (Å²) in [6.07, 6.45) is 1.76. The standard InChI is InChI=1S/C14H19N5/c1-18(2)14-16-9-8-13(17-14)19(3)12-7-5-4-6-11(12)10-15/h4-9H,10,15H2,1-3H3. The van der Waals surface area contributed by atoms with Crippen LogP contribution in [-0.2, 0) is 6.54 Å². The molecule has 2 aromatic rings. The molecule has 0 aliphatic heterocycles. The van der Waals surface area contributed by atoms with Crippen molar-refractivity contribution in [1.29, 1.82) is 0 Å². The fourth-order valence-electron chi connectivity index (χ4n) is 1.88. The second-order valence-electron chi connectivity index (χ2n) is 4.50. The summed E-state index contributed by atoms with van der Waals surface area (Å²) in [4.78, 5) is 12.7. The maximum atomic E-state index is 5.78. The molecule has 0 radical (unpaired) electrons. The number of hydrogen-bond acceptors (Lipinski definition) is 5.